The highest BCUT2D eigenvalue weighted by Gasteiger charge is 2.32. The molecule has 0 aromatic carbocycles. The zero-order valence-corrected chi connectivity index (χ0v) is 15.4. The summed E-state index contributed by atoms with van der Waals surface area (Å²) in [5.74, 6) is 0.449. The summed E-state index contributed by atoms with van der Waals surface area (Å²) in [5, 5.41) is 6.29. The number of aromatic nitrogens is 5. The van der Waals surface area contributed by atoms with Gasteiger partial charge in [-0.25, -0.2) is 19.9 Å². The van der Waals surface area contributed by atoms with Gasteiger partial charge in [-0.05, 0) is 24.3 Å². The van der Waals surface area contributed by atoms with Crippen molar-refractivity contribution in [2.75, 3.05) is 10.6 Å². The Morgan fingerprint density at radius 1 is 1.10 bits per heavy atom. The van der Waals surface area contributed by atoms with Crippen LogP contribution < -0.4 is 10.6 Å². The minimum absolute atomic E-state index is 0.0157. The number of anilines is 3. The van der Waals surface area contributed by atoms with E-state index in [1.165, 1.54) is 25.3 Å². The molecule has 8 nitrogen and oxygen atoms in total. The van der Waals surface area contributed by atoms with Gasteiger partial charge in [0.2, 0.25) is 5.91 Å². The molecule has 1 amide bonds. The van der Waals surface area contributed by atoms with Gasteiger partial charge in [0.15, 0.2) is 5.82 Å². The molecule has 0 radical (unpaired) electrons. The van der Waals surface area contributed by atoms with Crippen LogP contribution in [0.3, 0.4) is 0 Å². The highest BCUT2D eigenvalue weighted by molar-refractivity contribution is 5.91. The number of amides is 1. The maximum Gasteiger partial charge on any atom is 0.433 e. The predicted octanol–water partition coefficient (Wildman–Crippen LogP) is 4.14. The van der Waals surface area contributed by atoms with Gasteiger partial charge < -0.3 is 15.6 Å². The molecule has 0 spiro atoms. The first-order valence-corrected chi connectivity index (χ1v) is 8.70. The summed E-state index contributed by atoms with van der Waals surface area (Å²) in [7, 11) is 0. The Balaban J connectivity index is 1.75. The average Bonchev–Trinajstić information content (AvgIpc) is 3.16. The third kappa shape index (κ3) is 4.04. The minimum atomic E-state index is -4.58. The molecule has 0 aliphatic carbocycles. The molecule has 0 fully saturated rings. The van der Waals surface area contributed by atoms with E-state index in [1.54, 1.807) is 24.4 Å². The van der Waals surface area contributed by atoms with Gasteiger partial charge in [-0.15, -0.1) is 0 Å². The SMILES string of the molecule is CC(=O)Nc1cc(Nc2nc(-c3cccc(C(F)(F)F)n3)nc3[nH]ccc23)ccn1. The third-order valence-electron chi connectivity index (χ3n) is 4.01. The lowest BCUT2D eigenvalue weighted by atomic mass is 10.2. The molecule has 30 heavy (non-hydrogen) atoms. The van der Waals surface area contributed by atoms with Gasteiger partial charge in [0.25, 0.3) is 0 Å². The van der Waals surface area contributed by atoms with Crippen LogP contribution in [0.15, 0.2) is 48.8 Å². The smallest absolute Gasteiger partial charge is 0.346 e. The maximum absolute atomic E-state index is 13.0. The molecule has 11 heteroatoms. The van der Waals surface area contributed by atoms with Crippen LogP contribution in [0.4, 0.5) is 30.5 Å². The second-order valence-corrected chi connectivity index (χ2v) is 6.28. The van der Waals surface area contributed by atoms with Crippen LogP contribution in [-0.2, 0) is 11.0 Å². The van der Waals surface area contributed by atoms with Crippen LogP contribution in [0.25, 0.3) is 22.6 Å². The van der Waals surface area contributed by atoms with Gasteiger partial charge >= 0.3 is 6.18 Å². The highest BCUT2D eigenvalue weighted by Crippen LogP contribution is 2.30. The maximum atomic E-state index is 13.0. The second kappa shape index (κ2) is 7.43. The number of nitrogens with one attached hydrogen (secondary N) is 3. The van der Waals surface area contributed by atoms with E-state index in [1.807, 2.05) is 0 Å². The molecule has 0 bridgehead atoms. The summed E-state index contributed by atoms with van der Waals surface area (Å²) in [5.41, 5.74) is -0.0485. The van der Waals surface area contributed by atoms with Gasteiger partial charge in [-0.3, -0.25) is 4.79 Å². The molecule has 3 N–H and O–H groups in total. The van der Waals surface area contributed by atoms with Gasteiger partial charge in [0, 0.05) is 31.1 Å². The Hall–Kier alpha value is -4.02. The fourth-order valence-corrected chi connectivity index (χ4v) is 2.76. The largest absolute Gasteiger partial charge is 0.433 e. The minimum Gasteiger partial charge on any atom is -0.346 e. The Labute approximate surface area is 167 Å². The van der Waals surface area contributed by atoms with Crippen molar-refractivity contribution in [3.8, 4) is 11.5 Å². The van der Waals surface area contributed by atoms with E-state index in [2.05, 4.69) is 35.6 Å². The standard InChI is InChI=1S/C19H14F3N7O/c1-10(30)25-15-9-11(5-7-23-15)26-17-12-6-8-24-16(12)28-18(29-17)13-3-2-4-14(27-13)19(20,21)22/h2-9H,1H3,(H3,23,24,25,26,28,29,30). The number of pyridine rings is 2. The third-order valence-corrected chi connectivity index (χ3v) is 4.01. The first kappa shape index (κ1) is 19.3. The number of fused-ring (bicyclic) bond motifs is 1. The van der Waals surface area contributed by atoms with Crippen LogP contribution in [0.1, 0.15) is 12.6 Å². The first-order valence-electron chi connectivity index (χ1n) is 8.70. The fraction of sp³-hybridized carbons (Fsp3) is 0.105. The quantitative estimate of drug-likeness (QED) is 0.464. The molecule has 4 aromatic rings. The molecule has 152 valence electrons. The molecule has 0 aliphatic rings. The van der Waals surface area contributed by atoms with Crippen molar-refractivity contribution >= 4 is 34.3 Å². The number of hydrogen-bond donors (Lipinski definition) is 3. The Kier molecular flexibility index (Phi) is 4.78. The zero-order valence-electron chi connectivity index (χ0n) is 15.4. The van der Waals surface area contributed by atoms with E-state index >= 15 is 0 Å². The number of alkyl halides is 3. The predicted molar refractivity (Wildman–Crippen MR) is 104 cm³/mol. The lowest BCUT2D eigenvalue weighted by Crippen LogP contribution is -2.09. The van der Waals surface area contributed by atoms with E-state index < -0.39 is 11.9 Å². The summed E-state index contributed by atoms with van der Waals surface area (Å²) in [6.45, 7) is 1.36. The number of rotatable bonds is 4. The van der Waals surface area contributed by atoms with Crippen molar-refractivity contribution in [2.45, 2.75) is 13.1 Å². The molecule has 4 aromatic heterocycles. The molecule has 0 aliphatic heterocycles. The molecular formula is C19H14F3N7O. The Morgan fingerprint density at radius 2 is 1.93 bits per heavy atom. The van der Waals surface area contributed by atoms with Crippen LogP contribution in [0.2, 0.25) is 0 Å². The van der Waals surface area contributed by atoms with Gasteiger partial charge in [0.1, 0.15) is 28.7 Å². The monoisotopic (exact) mass is 413 g/mol. The van der Waals surface area contributed by atoms with E-state index in [-0.39, 0.29) is 17.4 Å². The van der Waals surface area contributed by atoms with Crippen LogP contribution in [-0.4, -0.2) is 30.8 Å². The number of aromatic amines is 1. The highest BCUT2D eigenvalue weighted by atomic mass is 19.4. The lowest BCUT2D eigenvalue weighted by Gasteiger charge is -2.11. The summed E-state index contributed by atoms with van der Waals surface area (Å²) < 4.78 is 39.1. The molecule has 0 saturated heterocycles. The molecular weight excluding hydrogens is 399 g/mol. The van der Waals surface area contributed by atoms with E-state index in [9.17, 15) is 18.0 Å². The van der Waals surface area contributed by atoms with E-state index in [0.717, 1.165) is 6.07 Å². The van der Waals surface area contributed by atoms with Gasteiger partial charge in [0.05, 0.1) is 5.39 Å². The second-order valence-electron chi connectivity index (χ2n) is 6.28. The summed E-state index contributed by atoms with van der Waals surface area (Å²) in [6.07, 6.45) is -1.44. The van der Waals surface area contributed by atoms with Crippen molar-refractivity contribution < 1.29 is 18.0 Å². The van der Waals surface area contributed by atoms with Crippen LogP contribution in [0.5, 0.6) is 0 Å². The summed E-state index contributed by atoms with van der Waals surface area (Å²) in [4.78, 5) is 30.5. The molecule has 4 heterocycles. The van der Waals surface area contributed by atoms with Crippen LogP contribution in [0, 0.1) is 0 Å². The number of H-pyrrole nitrogens is 1. The van der Waals surface area contributed by atoms with Crippen molar-refractivity contribution in [3.05, 3.63) is 54.5 Å². The fourth-order valence-electron chi connectivity index (χ4n) is 2.76. The molecule has 0 atom stereocenters. The lowest BCUT2D eigenvalue weighted by molar-refractivity contribution is -0.141. The molecule has 4 rings (SSSR count). The average molecular weight is 413 g/mol. The van der Waals surface area contributed by atoms with Crippen molar-refractivity contribution in [3.63, 3.8) is 0 Å². The topological polar surface area (TPSA) is 108 Å². The molecule has 0 saturated carbocycles. The van der Waals surface area contributed by atoms with Crippen molar-refractivity contribution in [2.24, 2.45) is 0 Å². The van der Waals surface area contributed by atoms with Crippen LogP contribution >= 0.6 is 0 Å². The first-order chi connectivity index (χ1) is 14.3. The normalized spacial score (nSPS) is 11.5. The summed E-state index contributed by atoms with van der Waals surface area (Å²) in [6, 6.07) is 8.54. The Morgan fingerprint density at radius 3 is 2.70 bits per heavy atom. The van der Waals surface area contributed by atoms with E-state index in [0.29, 0.717) is 28.4 Å². The Bertz CT molecular complexity index is 1240. The summed E-state index contributed by atoms with van der Waals surface area (Å²) >= 11 is 0. The van der Waals surface area contributed by atoms with Crippen molar-refractivity contribution in [1.29, 1.82) is 0 Å². The van der Waals surface area contributed by atoms with Gasteiger partial charge in [-0.1, -0.05) is 6.07 Å². The van der Waals surface area contributed by atoms with Gasteiger partial charge in [-0.2, -0.15) is 13.2 Å². The number of carbonyl (C=O) groups is 1. The number of hydrogen-bond acceptors (Lipinski definition) is 6. The van der Waals surface area contributed by atoms with E-state index in [4.69, 9.17) is 0 Å². The number of halogens is 3. The molecule has 0 unspecified atom stereocenters. The number of nitrogens with zero attached hydrogens (tertiary/aromatic N) is 4. The zero-order chi connectivity index (χ0) is 21.3. The number of carbonyl (C=O) groups excluding carboxylic acids is 1. The van der Waals surface area contributed by atoms with Crippen molar-refractivity contribution in [1.82, 2.24) is 24.9 Å².